The van der Waals surface area contributed by atoms with Gasteiger partial charge in [0, 0.05) is 5.92 Å². The number of hydrogen-bond acceptors (Lipinski definition) is 19. The number of allylic oxidation sites excluding steroid dienone is 2. The monoisotopic (exact) mass is 949 g/mol. The van der Waals surface area contributed by atoms with Gasteiger partial charge >= 0.3 is 0 Å². The van der Waals surface area contributed by atoms with Crippen LogP contribution >= 0.6 is 0 Å². The predicted molar refractivity (Wildman–Crippen MR) is 230 cm³/mol. The van der Waals surface area contributed by atoms with Crippen LogP contribution in [-0.2, 0) is 28.4 Å². The van der Waals surface area contributed by atoms with Crippen molar-refractivity contribution in [1.29, 1.82) is 0 Å². The molecule has 19 nitrogen and oxygen atoms in total. The second-order valence-corrected chi connectivity index (χ2v) is 22.8. The van der Waals surface area contributed by atoms with Crippen LogP contribution in [0.15, 0.2) is 11.6 Å². The molecule has 4 saturated carbocycles. The molecule has 3 aliphatic heterocycles. The molecule has 7 fully saturated rings. The zero-order chi connectivity index (χ0) is 48.9. The van der Waals surface area contributed by atoms with Crippen molar-refractivity contribution in [3.05, 3.63) is 11.6 Å². The van der Waals surface area contributed by atoms with Crippen LogP contribution in [0.25, 0.3) is 0 Å². The molecule has 0 spiro atoms. The van der Waals surface area contributed by atoms with Crippen molar-refractivity contribution in [2.45, 2.75) is 222 Å². The maximum absolute atomic E-state index is 13.7. The van der Waals surface area contributed by atoms with Crippen LogP contribution in [0, 0.1) is 39.4 Å². The fourth-order valence-corrected chi connectivity index (χ4v) is 14.6. The number of hydrogen-bond donors (Lipinski definition) is 13. The van der Waals surface area contributed by atoms with Gasteiger partial charge in [-0.25, -0.2) is 0 Å². The molecule has 13 N–H and O–H groups in total. The van der Waals surface area contributed by atoms with E-state index in [1.165, 1.54) is 0 Å². The van der Waals surface area contributed by atoms with E-state index in [-0.39, 0.29) is 37.7 Å². The lowest BCUT2D eigenvalue weighted by Gasteiger charge is -2.72. The minimum atomic E-state index is -1.90. The van der Waals surface area contributed by atoms with Crippen LogP contribution < -0.4 is 0 Å². The Balaban J connectivity index is 1.28. The molecule has 0 unspecified atom stereocenters. The van der Waals surface area contributed by atoms with E-state index >= 15 is 0 Å². The highest BCUT2D eigenvalue weighted by Gasteiger charge is 2.77. The smallest absolute Gasteiger partial charge is 0.187 e. The summed E-state index contributed by atoms with van der Waals surface area (Å²) in [5, 5.41) is 145. The fraction of sp³-hybridized carbons (Fsp3) is 0.957. The zero-order valence-corrected chi connectivity index (χ0v) is 39.7. The summed E-state index contributed by atoms with van der Waals surface area (Å²) < 4.78 is 37.4. The van der Waals surface area contributed by atoms with Crippen LogP contribution in [0.2, 0.25) is 0 Å². The molecule has 7 aliphatic rings. The van der Waals surface area contributed by atoms with E-state index in [4.69, 9.17) is 28.4 Å². The lowest BCUT2D eigenvalue weighted by molar-refractivity contribution is -0.390. The number of aliphatic hydroxyl groups excluding tert-OH is 12. The van der Waals surface area contributed by atoms with Gasteiger partial charge in [-0.05, 0) is 106 Å². The van der Waals surface area contributed by atoms with E-state index in [9.17, 15) is 66.4 Å². The Morgan fingerprint density at radius 1 is 0.682 bits per heavy atom. The van der Waals surface area contributed by atoms with Gasteiger partial charge in [-0.1, -0.05) is 46.3 Å². The highest BCUT2D eigenvalue weighted by Crippen LogP contribution is 2.77. The third-order valence-electron chi connectivity index (χ3n) is 18.5. The second-order valence-electron chi connectivity index (χ2n) is 22.8. The van der Waals surface area contributed by atoms with E-state index in [2.05, 4.69) is 20.8 Å². The molecule has 3 heterocycles. The van der Waals surface area contributed by atoms with Crippen molar-refractivity contribution in [2.75, 3.05) is 19.8 Å². The van der Waals surface area contributed by atoms with Gasteiger partial charge in [-0.3, -0.25) is 0 Å². The molecule has 0 radical (unpaired) electrons. The van der Waals surface area contributed by atoms with Crippen LogP contribution in [0.5, 0.6) is 0 Å². The lowest BCUT2D eigenvalue weighted by atomic mass is 9.34. The molecule has 0 aromatic rings. The number of fused-ring (bicyclic) bond motifs is 5. The van der Waals surface area contributed by atoms with E-state index in [1.54, 1.807) is 6.92 Å². The first-order valence-corrected chi connectivity index (χ1v) is 24.0. The summed E-state index contributed by atoms with van der Waals surface area (Å²) in [6, 6.07) is 0. The molecule has 19 heteroatoms. The Bertz CT molecular complexity index is 1720. The maximum Gasteiger partial charge on any atom is 0.187 e. The lowest BCUT2D eigenvalue weighted by Crippen LogP contribution is -2.73. The van der Waals surface area contributed by atoms with E-state index in [0.29, 0.717) is 32.1 Å². The van der Waals surface area contributed by atoms with Gasteiger partial charge in [0.1, 0.15) is 67.1 Å². The predicted octanol–water partition coefficient (Wildman–Crippen LogP) is -1.30. The fourth-order valence-electron chi connectivity index (χ4n) is 14.6. The van der Waals surface area contributed by atoms with Crippen LogP contribution in [-0.4, -0.2) is 202 Å². The molecular weight excluding hydrogens is 868 g/mol. The third-order valence-corrected chi connectivity index (χ3v) is 18.5. The minimum Gasteiger partial charge on any atom is -0.394 e. The second kappa shape index (κ2) is 18.9. The summed E-state index contributed by atoms with van der Waals surface area (Å²) in [7, 11) is 0. The molecule has 25 atom stereocenters. The Morgan fingerprint density at radius 2 is 1.29 bits per heavy atom. The van der Waals surface area contributed by atoms with E-state index in [1.807, 2.05) is 33.8 Å². The molecule has 7 rings (SSSR count). The average Bonchev–Trinajstić information content (AvgIpc) is 3.56. The first-order chi connectivity index (χ1) is 30.7. The summed E-state index contributed by atoms with van der Waals surface area (Å²) in [4.78, 5) is 0. The SMILES string of the molecule is CC(C)=CCC[C@](C)(O[C@@H]1O[C@H](CO)[C@@H](O)[C@H](O)[C@H]1O[C@@H]1O[C@H](CO)[C@@H](O)[C@H](O)[C@H]1O)[C@@]1(O)CC[C@]2(C)[C@@H]1[C@H](O)C[C@@H]1[C@@]3(C)CC[C@H](O)C(C)(C)[C@@H]3[C@@H](O[C@@H]3OC[C@@H](O)[C@H](O)[C@H]3O)C[C@]12C. The summed E-state index contributed by atoms with van der Waals surface area (Å²) >= 11 is 0. The van der Waals surface area contributed by atoms with Gasteiger partial charge in [0.15, 0.2) is 18.9 Å². The first kappa shape index (κ1) is 52.8. The molecule has 0 amide bonds. The molecule has 3 saturated heterocycles. The minimum absolute atomic E-state index is 0.114. The van der Waals surface area contributed by atoms with Gasteiger partial charge in [-0.15, -0.1) is 0 Å². The van der Waals surface area contributed by atoms with Gasteiger partial charge in [0.05, 0.1) is 49.3 Å². The molecule has 4 aliphatic carbocycles. The Labute approximate surface area is 387 Å². The van der Waals surface area contributed by atoms with E-state index in [0.717, 1.165) is 5.57 Å². The largest absolute Gasteiger partial charge is 0.394 e. The zero-order valence-electron chi connectivity index (χ0n) is 39.7. The average molecular weight is 949 g/mol. The number of aliphatic hydroxyl groups is 13. The summed E-state index contributed by atoms with van der Waals surface area (Å²) in [6.07, 6.45) is -20.5. The molecular formula is C47H80O19. The number of ether oxygens (including phenoxy) is 6. The van der Waals surface area contributed by atoms with Crippen LogP contribution in [0.4, 0.5) is 0 Å². The van der Waals surface area contributed by atoms with Crippen molar-refractivity contribution in [3.8, 4) is 0 Å². The molecule has 66 heavy (non-hydrogen) atoms. The summed E-state index contributed by atoms with van der Waals surface area (Å²) in [6.45, 7) is 14.2. The van der Waals surface area contributed by atoms with Gasteiger partial charge in [0.2, 0.25) is 0 Å². The third kappa shape index (κ3) is 8.37. The summed E-state index contributed by atoms with van der Waals surface area (Å²) in [5.74, 6) is -1.36. The normalized spacial score (nSPS) is 53.5. The van der Waals surface area contributed by atoms with Crippen molar-refractivity contribution < 1.29 is 94.8 Å². The van der Waals surface area contributed by atoms with Gasteiger partial charge < -0.3 is 94.8 Å². The highest BCUT2D eigenvalue weighted by molar-refractivity contribution is 5.26. The summed E-state index contributed by atoms with van der Waals surface area (Å²) in [5.41, 5.74) is -5.34. The van der Waals surface area contributed by atoms with Crippen LogP contribution in [0.1, 0.15) is 107 Å². The Kier molecular flexibility index (Phi) is 15.1. The van der Waals surface area contributed by atoms with E-state index < -0.39 is 156 Å². The molecule has 0 aromatic carbocycles. The standard InChI is InChI=1S/C47H80O19/c1-21(2)10-9-12-46(8,66-41-36(33(57)31(55)26(19-49)64-41)65-40-35(59)32(56)30(54)25(18-48)63-40)47(60)15-14-44(6)37(47)22(50)16-27-43(5)13-11-28(52)42(3,4)38(43)24(17-45(27,44)7)62-39-34(58)29(53)23(51)20-61-39/h10,22-41,48-60H,9,11-20H2,1-8H3/t22-,23-,24+,25-,26-,27-,28+,29+,30-,31-,32+,33+,34-,35-,36-,37+,38+,39+,40+,41+,43-,44-,45-,46+,47-/m1/s1. The van der Waals surface area contributed by atoms with Crippen molar-refractivity contribution >= 4 is 0 Å². The van der Waals surface area contributed by atoms with Gasteiger partial charge in [0.25, 0.3) is 0 Å². The van der Waals surface area contributed by atoms with Crippen molar-refractivity contribution in [3.63, 3.8) is 0 Å². The van der Waals surface area contributed by atoms with Crippen molar-refractivity contribution in [1.82, 2.24) is 0 Å². The van der Waals surface area contributed by atoms with Gasteiger partial charge in [-0.2, -0.15) is 0 Å². The molecule has 382 valence electrons. The first-order valence-electron chi connectivity index (χ1n) is 24.0. The number of rotatable bonds is 12. The molecule has 0 bridgehead atoms. The topological polar surface area (TPSA) is 318 Å². The highest BCUT2D eigenvalue weighted by atomic mass is 16.8. The quantitative estimate of drug-likeness (QED) is 0.0799. The maximum atomic E-state index is 13.7. The Morgan fingerprint density at radius 3 is 1.91 bits per heavy atom. The van der Waals surface area contributed by atoms with Crippen LogP contribution in [0.3, 0.4) is 0 Å². The Hall–Kier alpha value is -1.02. The molecule has 0 aromatic heterocycles. The van der Waals surface area contributed by atoms with Crippen molar-refractivity contribution in [2.24, 2.45) is 39.4 Å².